The number of rotatable bonds is 6. The molecule has 0 saturated carbocycles. The third kappa shape index (κ3) is 3.53. The fourth-order valence-electron chi connectivity index (χ4n) is 1.44. The predicted molar refractivity (Wildman–Crippen MR) is 69.7 cm³/mol. The van der Waals surface area contributed by atoms with Crippen LogP contribution in [0.1, 0.15) is 31.1 Å². The first-order valence-electron chi connectivity index (χ1n) is 5.90. The topological polar surface area (TPSA) is 44.8 Å². The molecular weight excluding hydrogens is 256 g/mol. The van der Waals surface area contributed by atoms with E-state index in [1.165, 1.54) is 0 Å². The lowest BCUT2D eigenvalue weighted by Crippen LogP contribution is -2.07. The molecule has 0 bridgehead atoms. The summed E-state index contributed by atoms with van der Waals surface area (Å²) in [5.74, 6) is 0.552. The van der Waals surface area contributed by atoms with Crippen LogP contribution in [0.5, 0.6) is 11.5 Å². The van der Waals surface area contributed by atoms with Gasteiger partial charge in [-0.2, -0.15) is 0 Å². The van der Waals surface area contributed by atoms with Crippen LogP contribution in [0.2, 0.25) is 5.02 Å². The third-order valence-electron chi connectivity index (χ3n) is 2.13. The van der Waals surface area contributed by atoms with Crippen molar-refractivity contribution < 1.29 is 19.0 Å². The summed E-state index contributed by atoms with van der Waals surface area (Å²) < 4.78 is 15.7. The fraction of sp³-hybridized carbons (Fsp3) is 0.462. The Morgan fingerprint density at radius 1 is 1.06 bits per heavy atom. The molecule has 0 heterocycles. The minimum absolute atomic E-state index is 0.283. The summed E-state index contributed by atoms with van der Waals surface area (Å²) in [5.41, 5.74) is 0.283. The number of esters is 1. The molecule has 18 heavy (non-hydrogen) atoms. The maximum Gasteiger partial charge on any atom is 0.339 e. The van der Waals surface area contributed by atoms with Crippen LogP contribution >= 0.6 is 11.6 Å². The predicted octanol–water partition coefficient (Wildman–Crippen LogP) is 3.31. The summed E-state index contributed by atoms with van der Waals surface area (Å²) in [6.07, 6.45) is 0. The quantitative estimate of drug-likeness (QED) is 0.745. The largest absolute Gasteiger partial charge is 0.490 e. The molecule has 0 saturated heterocycles. The molecule has 0 fully saturated rings. The maximum atomic E-state index is 11.7. The highest BCUT2D eigenvalue weighted by atomic mass is 35.5. The van der Waals surface area contributed by atoms with E-state index in [9.17, 15) is 4.79 Å². The number of ether oxygens (including phenoxy) is 3. The minimum atomic E-state index is -0.466. The van der Waals surface area contributed by atoms with E-state index in [1.54, 1.807) is 19.1 Å². The zero-order chi connectivity index (χ0) is 13.5. The van der Waals surface area contributed by atoms with E-state index in [0.29, 0.717) is 36.3 Å². The number of hydrogen-bond acceptors (Lipinski definition) is 4. The maximum absolute atomic E-state index is 11.7. The second-order valence-electron chi connectivity index (χ2n) is 3.37. The van der Waals surface area contributed by atoms with Gasteiger partial charge in [-0.1, -0.05) is 11.6 Å². The molecule has 0 aromatic heterocycles. The van der Waals surface area contributed by atoms with Gasteiger partial charge in [-0.05, 0) is 20.8 Å². The molecule has 0 aliphatic heterocycles. The van der Waals surface area contributed by atoms with Gasteiger partial charge in [0.15, 0.2) is 11.5 Å². The Bertz CT molecular complexity index is 418. The molecule has 0 radical (unpaired) electrons. The zero-order valence-corrected chi connectivity index (χ0v) is 11.5. The van der Waals surface area contributed by atoms with E-state index >= 15 is 0 Å². The summed E-state index contributed by atoms with van der Waals surface area (Å²) in [6, 6.07) is 3.12. The van der Waals surface area contributed by atoms with Crippen LogP contribution < -0.4 is 9.47 Å². The molecule has 0 spiro atoms. The lowest BCUT2D eigenvalue weighted by molar-refractivity contribution is 0.0526. The Kier molecular flexibility index (Phi) is 5.78. The third-order valence-corrected chi connectivity index (χ3v) is 2.44. The van der Waals surface area contributed by atoms with Gasteiger partial charge in [0.1, 0.15) is 0 Å². The van der Waals surface area contributed by atoms with E-state index in [0.717, 1.165) is 0 Å². The van der Waals surface area contributed by atoms with Gasteiger partial charge in [0, 0.05) is 12.1 Å². The van der Waals surface area contributed by atoms with Gasteiger partial charge in [0.2, 0.25) is 0 Å². The lowest BCUT2D eigenvalue weighted by atomic mass is 10.2. The Labute approximate surface area is 112 Å². The van der Waals surface area contributed by atoms with Gasteiger partial charge >= 0.3 is 5.97 Å². The number of benzene rings is 1. The van der Waals surface area contributed by atoms with Crippen LogP contribution in [0, 0.1) is 0 Å². The Morgan fingerprint density at radius 2 is 1.61 bits per heavy atom. The summed E-state index contributed by atoms with van der Waals surface area (Å²) in [6.45, 7) is 6.73. The Morgan fingerprint density at radius 3 is 2.11 bits per heavy atom. The van der Waals surface area contributed by atoms with Crippen molar-refractivity contribution in [2.75, 3.05) is 19.8 Å². The second kappa shape index (κ2) is 7.11. The van der Waals surface area contributed by atoms with E-state index in [4.69, 9.17) is 25.8 Å². The van der Waals surface area contributed by atoms with Crippen LogP contribution in [0.25, 0.3) is 0 Å². The van der Waals surface area contributed by atoms with Gasteiger partial charge in [0.25, 0.3) is 0 Å². The van der Waals surface area contributed by atoms with E-state index in [2.05, 4.69) is 0 Å². The van der Waals surface area contributed by atoms with Gasteiger partial charge in [-0.25, -0.2) is 4.79 Å². The standard InChI is InChI=1S/C13H17ClO4/c1-4-16-11-7-9(13(15)18-6-3)10(14)8-12(11)17-5-2/h7-8H,4-6H2,1-3H3. The summed E-state index contributed by atoms with van der Waals surface area (Å²) in [4.78, 5) is 11.7. The molecular formula is C13H17ClO4. The van der Waals surface area contributed by atoms with E-state index in [1.807, 2.05) is 13.8 Å². The molecule has 0 aliphatic rings. The first-order valence-corrected chi connectivity index (χ1v) is 6.28. The number of carbonyl (C=O) groups excluding carboxylic acids is 1. The molecule has 4 nitrogen and oxygen atoms in total. The smallest absolute Gasteiger partial charge is 0.339 e. The summed E-state index contributed by atoms with van der Waals surface area (Å²) in [5, 5.41) is 0.292. The molecule has 1 aromatic carbocycles. The SMILES string of the molecule is CCOC(=O)c1cc(OCC)c(OCC)cc1Cl. The molecule has 1 aromatic rings. The molecule has 0 aliphatic carbocycles. The second-order valence-corrected chi connectivity index (χ2v) is 3.77. The monoisotopic (exact) mass is 272 g/mol. The molecule has 0 atom stereocenters. The lowest BCUT2D eigenvalue weighted by Gasteiger charge is -2.13. The first kappa shape index (κ1) is 14.6. The van der Waals surface area contributed by atoms with E-state index < -0.39 is 5.97 Å². The Hall–Kier alpha value is -1.42. The number of halogens is 1. The van der Waals surface area contributed by atoms with Crippen LogP contribution in [0.15, 0.2) is 12.1 Å². The highest BCUT2D eigenvalue weighted by molar-refractivity contribution is 6.33. The van der Waals surface area contributed by atoms with Crippen molar-refractivity contribution in [3.05, 3.63) is 22.7 Å². The van der Waals surface area contributed by atoms with Crippen molar-refractivity contribution in [2.24, 2.45) is 0 Å². The van der Waals surface area contributed by atoms with Gasteiger partial charge < -0.3 is 14.2 Å². The van der Waals surface area contributed by atoms with Crippen LogP contribution in [-0.2, 0) is 4.74 Å². The highest BCUT2D eigenvalue weighted by Crippen LogP contribution is 2.34. The minimum Gasteiger partial charge on any atom is -0.490 e. The van der Waals surface area contributed by atoms with Gasteiger partial charge in [-0.15, -0.1) is 0 Å². The summed E-state index contributed by atoms with van der Waals surface area (Å²) >= 11 is 6.03. The number of hydrogen-bond donors (Lipinski definition) is 0. The van der Waals surface area contributed by atoms with Crippen molar-refractivity contribution in [1.29, 1.82) is 0 Å². The molecule has 0 amide bonds. The molecule has 100 valence electrons. The number of carbonyl (C=O) groups is 1. The fourth-order valence-corrected chi connectivity index (χ4v) is 1.67. The first-order chi connectivity index (χ1) is 8.63. The Balaban J connectivity index is 3.13. The average molecular weight is 273 g/mol. The highest BCUT2D eigenvalue weighted by Gasteiger charge is 2.17. The van der Waals surface area contributed by atoms with Crippen LogP contribution in [-0.4, -0.2) is 25.8 Å². The van der Waals surface area contributed by atoms with Gasteiger partial charge in [0.05, 0.1) is 30.4 Å². The van der Waals surface area contributed by atoms with E-state index in [-0.39, 0.29) is 5.56 Å². The van der Waals surface area contributed by atoms with Crippen molar-refractivity contribution in [2.45, 2.75) is 20.8 Å². The van der Waals surface area contributed by atoms with Crippen molar-refractivity contribution in [1.82, 2.24) is 0 Å². The van der Waals surface area contributed by atoms with Gasteiger partial charge in [-0.3, -0.25) is 0 Å². The molecule has 0 N–H and O–H groups in total. The van der Waals surface area contributed by atoms with Crippen molar-refractivity contribution in [3.8, 4) is 11.5 Å². The zero-order valence-electron chi connectivity index (χ0n) is 10.8. The van der Waals surface area contributed by atoms with Crippen LogP contribution in [0.4, 0.5) is 0 Å². The molecule has 1 rings (SSSR count). The molecule has 5 heteroatoms. The normalized spacial score (nSPS) is 10.0. The van der Waals surface area contributed by atoms with Crippen molar-refractivity contribution in [3.63, 3.8) is 0 Å². The molecule has 0 unspecified atom stereocenters. The van der Waals surface area contributed by atoms with Crippen molar-refractivity contribution >= 4 is 17.6 Å². The summed E-state index contributed by atoms with van der Waals surface area (Å²) in [7, 11) is 0. The van der Waals surface area contributed by atoms with Crippen LogP contribution in [0.3, 0.4) is 0 Å². The average Bonchev–Trinajstić information content (AvgIpc) is 2.33.